The number of hydrogen-bond donors (Lipinski definition) is 1. The molecule has 0 radical (unpaired) electrons. The van der Waals surface area contributed by atoms with Gasteiger partial charge in [-0.1, -0.05) is 0 Å². The first-order valence-corrected chi connectivity index (χ1v) is 5.40. The Morgan fingerprint density at radius 2 is 2.58 bits per heavy atom. The van der Waals surface area contributed by atoms with Crippen molar-refractivity contribution in [1.29, 1.82) is 0 Å². The number of carboxylic acid groups (broad SMARTS) is 1. The van der Waals surface area contributed by atoms with Gasteiger partial charge in [0.05, 0.1) is 5.92 Å². The summed E-state index contributed by atoms with van der Waals surface area (Å²) in [6.45, 7) is 0.805. The number of aliphatic imine (C=N–C) groups is 1. The second kappa shape index (κ2) is 4.50. The number of thioether (sulfide) groups is 1. The molecule has 0 aliphatic carbocycles. The maximum absolute atomic E-state index is 10.7. The summed E-state index contributed by atoms with van der Waals surface area (Å²) in [4.78, 5) is 15.0. The lowest BCUT2D eigenvalue weighted by Crippen LogP contribution is -2.28. The highest BCUT2D eigenvalue weighted by Gasteiger charge is 2.25. The van der Waals surface area contributed by atoms with E-state index in [0.717, 1.165) is 30.9 Å². The van der Waals surface area contributed by atoms with Crippen LogP contribution in [0.4, 0.5) is 0 Å². The van der Waals surface area contributed by atoms with Crippen molar-refractivity contribution in [3.63, 3.8) is 0 Å². The predicted octanol–water partition coefficient (Wildman–Crippen LogP) is 1.28. The van der Waals surface area contributed by atoms with Crippen molar-refractivity contribution in [1.82, 2.24) is 0 Å². The molecule has 0 amide bonds. The Morgan fingerprint density at radius 1 is 1.83 bits per heavy atom. The maximum atomic E-state index is 10.7. The predicted molar refractivity (Wildman–Crippen MR) is 51.0 cm³/mol. The zero-order valence-corrected chi connectivity index (χ0v) is 7.93. The monoisotopic (exact) mass is 187 g/mol. The molecule has 1 atom stereocenters. The van der Waals surface area contributed by atoms with E-state index >= 15 is 0 Å². The molecule has 1 rings (SSSR count). The fourth-order valence-corrected chi connectivity index (χ4v) is 1.94. The van der Waals surface area contributed by atoms with Crippen LogP contribution >= 0.6 is 11.8 Å². The van der Waals surface area contributed by atoms with Crippen molar-refractivity contribution in [3.05, 3.63) is 0 Å². The van der Waals surface area contributed by atoms with Crippen molar-refractivity contribution in [3.8, 4) is 0 Å². The molecule has 68 valence electrons. The highest BCUT2D eigenvalue weighted by atomic mass is 32.2. The Hall–Kier alpha value is -0.510. The second-order valence-electron chi connectivity index (χ2n) is 2.84. The Morgan fingerprint density at radius 3 is 3.17 bits per heavy atom. The molecule has 0 aromatic rings. The van der Waals surface area contributed by atoms with Crippen LogP contribution in [0, 0.1) is 5.92 Å². The van der Waals surface area contributed by atoms with E-state index in [2.05, 4.69) is 4.99 Å². The van der Waals surface area contributed by atoms with E-state index in [-0.39, 0.29) is 5.92 Å². The van der Waals surface area contributed by atoms with Gasteiger partial charge in [-0.3, -0.25) is 9.79 Å². The van der Waals surface area contributed by atoms with Gasteiger partial charge in [-0.05, 0) is 19.1 Å². The van der Waals surface area contributed by atoms with E-state index in [1.165, 1.54) is 0 Å². The molecule has 1 N–H and O–H groups in total. The van der Waals surface area contributed by atoms with Gasteiger partial charge in [-0.25, -0.2) is 0 Å². The van der Waals surface area contributed by atoms with Gasteiger partial charge in [0.2, 0.25) is 0 Å². The molecular formula is C8H13NO2S. The summed E-state index contributed by atoms with van der Waals surface area (Å²) in [5, 5.41) is 8.85. The van der Waals surface area contributed by atoms with Crippen molar-refractivity contribution in [2.75, 3.05) is 18.6 Å². The summed E-state index contributed by atoms with van der Waals surface area (Å²) in [6, 6.07) is 0. The fraction of sp³-hybridized carbons (Fsp3) is 0.750. The molecule has 1 aliphatic heterocycles. The summed E-state index contributed by atoms with van der Waals surface area (Å²) in [7, 11) is 0. The largest absolute Gasteiger partial charge is 0.481 e. The normalized spacial score (nSPS) is 23.4. The molecule has 0 spiro atoms. The minimum Gasteiger partial charge on any atom is -0.481 e. The van der Waals surface area contributed by atoms with Gasteiger partial charge in [0.15, 0.2) is 0 Å². The van der Waals surface area contributed by atoms with E-state index < -0.39 is 5.97 Å². The average Bonchev–Trinajstić information content (AvgIpc) is 2.05. The number of hydrogen-bond acceptors (Lipinski definition) is 3. The van der Waals surface area contributed by atoms with Crippen LogP contribution in [-0.4, -0.2) is 35.3 Å². The molecule has 0 saturated carbocycles. The van der Waals surface area contributed by atoms with Crippen LogP contribution in [0.2, 0.25) is 0 Å². The van der Waals surface area contributed by atoms with Crippen LogP contribution in [0.3, 0.4) is 0 Å². The molecule has 0 aromatic carbocycles. The summed E-state index contributed by atoms with van der Waals surface area (Å²) in [6.07, 6.45) is 3.64. The number of rotatable bonds is 3. The smallest absolute Gasteiger partial charge is 0.312 e. The van der Waals surface area contributed by atoms with Crippen LogP contribution in [0.25, 0.3) is 0 Å². The van der Waals surface area contributed by atoms with Gasteiger partial charge in [-0.15, -0.1) is 0 Å². The molecule has 0 fully saturated rings. The van der Waals surface area contributed by atoms with Gasteiger partial charge < -0.3 is 5.11 Å². The Bertz CT molecular complexity index is 203. The van der Waals surface area contributed by atoms with E-state index in [1.54, 1.807) is 11.8 Å². The summed E-state index contributed by atoms with van der Waals surface area (Å²) in [5.74, 6) is -0.273. The third-order valence-electron chi connectivity index (χ3n) is 1.96. The van der Waals surface area contributed by atoms with Crippen LogP contribution < -0.4 is 0 Å². The molecule has 0 saturated heterocycles. The second-order valence-corrected chi connectivity index (χ2v) is 3.71. The highest BCUT2D eigenvalue weighted by molar-refractivity contribution is 7.99. The van der Waals surface area contributed by atoms with Crippen LogP contribution in [0.15, 0.2) is 4.99 Å². The lowest BCUT2D eigenvalue weighted by atomic mass is 9.96. The lowest BCUT2D eigenvalue weighted by Gasteiger charge is -2.18. The minimum absolute atomic E-state index is 0.314. The third-order valence-corrected chi connectivity index (χ3v) is 2.54. The van der Waals surface area contributed by atoms with Crippen LogP contribution in [-0.2, 0) is 4.79 Å². The number of carboxylic acids is 1. The fourth-order valence-electron chi connectivity index (χ4n) is 1.36. The molecule has 1 heterocycles. The molecule has 1 aliphatic rings. The third kappa shape index (κ3) is 2.24. The highest BCUT2D eigenvalue weighted by Crippen LogP contribution is 2.17. The Labute approximate surface area is 76.3 Å². The maximum Gasteiger partial charge on any atom is 0.312 e. The topological polar surface area (TPSA) is 49.7 Å². The molecular weight excluding hydrogens is 174 g/mol. The number of nitrogens with zero attached hydrogens (tertiary/aromatic N) is 1. The van der Waals surface area contributed by atoms with E-state index in [9.17, 15) is 4.79 Å². The van der Waals surface area contributed by atoms with Crippen molar-refractivity contribution in [2.24, 2.45) is 10.9 Å². The lowest BCUT2D eigenvalue weighted by molar-refractivity contribution is -0.139. The minimum atomic E-state index is -0.720. The Kier molecular flexibility index (Phi) is 3.59. The molecule has 0 aromatic heterocycles. The molecule has 12 heavy (non-hydrogen) atoms. The first-order valence-electron chi connectivity index (χ1n) is 4.00. The SMILES string of the molecule is CSCC1=NCCCC1C(=O)O. The first-order chi connectivity index (χ1) is 5.75. The molecule has 3 nitrogen and oxygen atoms in total. The molecule has 0 bridgehead atoms. The van der Waals surface area contributed by atoms with Gasteiger partial charge in [0, 0.05) is 18.0 Å². The first kappa shape index (κ1) is 9.58. The molecule has 1 unspecified atom stereocenters. The quantitative estimate of drug-likeness (QED) is 0.724. The zero-order chi connectivity index (χ0) is 8.97. The van der Waals surface area contributed by atoms with Gasteiger partial charge in [0.1, 0.15) is 0 Å². The van der Waals surface area contributed by atoms with Gasteiger partial charge in [-0.2, -0.15) is 11.8 Å². The van der Waals surface area contributed by atoms with Crippen LogP contribution in [0.5, 0.6) is 0 Å². The molecule has 4 heteroatoms. The summed E-state index contributed by atoms with van der Waals surface area (Å²) < 4.78 is 0. The number of carbonyl (C=O) groups is 1. The average molecular weight is 187 g/mol. The van der Waals surface area contributed by atoms with Crippen molar-refractivity contribution in [2.45, 2.75) is 12.8 Å². The van der Waals surface area contributed by atoms with Gasteiger partial charge >= 0.3 is 5.97 Å². The number of aliphatic carboxylic acids is 1. The van der Waals surface area contributed by atoms with E-state index in [4.69, 9.17) is 5.11 Å². The van der Waals surface area contributed by atoms with Crippen molar-refractivity contribution >= 4 is 23.4 Å². The van der Waals surface area contributed by atoms with Crippen LogP contribution in [0.1, 0.15) is 12.8 Å². The van der Waals surface area contributed by atoms with Gasteiger partial charge in [0.25, 0.3) is 0 Å². The Balaban J connectivity index is 2.64. The summed E-state index contributed by atoms with van der Waals surface area (Å²) >= 11 is 1.64. The summed E-state index contributed by atoms with van der Waals surface area (Å²) in [5.41, 5.74) is 0.862. The zero-order valence-electron chi connectivity index (χ0n) is 7.12. The van der Waals surface area contributed by atoms with E-state index in [1.807, 2.05) is 6.26 Å². The van der Waals surface area contributed by atoms with E-state index in [0.29, 0.717) is 0 Å². The van der Waals surface area contributed by atoms with Crippen molar-refractivity contribution < 1.29 is 9.90 Å². The standard InChI is InChI=1S/C8H13NO2S/c1-12-5-7-6(8(10)11)3-2-4-9-7/h6H,2-5H2,1H3,(H,10,11).